The van der Waals surface area contributed by atoms with Gasteiger partial charge < -0.3 is 29.6 Å². The Morgan fingerprint density at radius 2 is 1.43 bits per heavy atom. The summed E-state index contributed by atoms with van der Waals surface area (Å²) in [7, 11) is 2.97. The molecule has 0 saturated carbocycles. The molecule has 150 valence electrons. The lowest BCUT2D eigenvalue weighted by Gasteiger charge is -2.14. The first kappa shape index (κ1) is 20.9. The molecule has 0 heterocycles. The van der Waals surface area contributed by atoms with Gasteiger partial charge in [-0.25, -0.2) is 0 Å². The van der Waals surface area contributed by atoms with Crippen molar-refractivity contribution in [3.05, 3.63) is 36.4 Å². The summed E-state index contributed by atoms with van der Waals surface area (Å²) < 4.78 is 21.3. The summed E-state index contributed by atoms with van der Waals surface area (Å²) in [5, 5.41) is 5.05. The van der Waals surface area contributed by atoms with Crippen molar-refractivity contribution < 1.29 is 28.5 Å². The van der Waals surface area contributed by atoms with Gasteiger partial charge >= 0.3 is 11.8 Å². The number of carbonyl (C=O) groups excluding carboxylic acids is 2. The van der Waals surface area contributed by atoms with E-state index in [4.69, 9.17) is 18.9 Å². The standard InChI is InChI=1S/C20H24N2O6/c1-5-27-17-9-7-13(11-18(17)28-6-2)21-19(23)20(24)22-15-12-14(25-3)8-10-16(15)26-4/h7-12H,5-6H2,1-4H3,(H,21,23)(H,22,24). The van der Waals surface area contributed by atoms with Crippen molar-refractivity contribution in [2.24, 2.45) is 0 Å². The zero-order valence-corrected chi connectivity index (χ0v) is 16.3. The fraction of sp³-hybridized carbons (Fsp3) is 0.300. The third-order valence-corrected chi connectivity index (χ3v) is 3.66. The van der Waals surface area contributed by atoms with Crippen LogP contribution in [0.4, 0.5) is 11.4 Å². The van der Waals surface area contributed by atoms with Crippen molar-refractivity contribution in [3.8, 4) is 23.0 Å². The number of anilines is 2. The van der Waals surface area contributed by atoms with E-state index in [1.54, 1.807) is 36.4 Å². The van der Waals surface area contributed by atoms with E-state index in [0.717, 1.165) is 0 Å². The van der Waals surface area contributed by atoms with Crippen molar-refractivity contribution in [2.45, 2.75) is 13.8 Å². The Labute approximate surface area is 163 Å². The van der Waals surface area contributed by atoms with Gasteiger partial charge in [-0.1, -0.05) is 0 Å². The molecule has 8 nitrogen and oxygen atoms in total. The number of hydrogen-bond acceptors (Lipinski definition) is 6. The number of amides is 2. The molecule has 0 aliphatic carbocycles. The summed E-state index contributed by atoms with van der Waals surface area (Å²) in [6.07, 6.45) is 0. The van der Waals surface area contributed by atoms with Crippen LogP contribution in [0.3, 0.4) is 0 Å². The fourth-order valence-electron chi connectivity index (χ4n) is 2.41. The Hall–Kier alpha value is -3.42. The van der Waals surface area contributed by atoms with Gasteiger partial charge in [0.2, 0.25) is 0 Å². The molecular formula is C20H24N2O6. The topological polar surface area (TPSA) is 95.1 Å². The predicted molar refractivity (Wildman–Crippen MR) is 106 cm³/mol. The number of methoxy groups -OCH3 is 2. The first-order valence-corrected chi connectivity index (χ1v) is 8.76. The maximum atomic E-state index is 12.3. The summed E-state index contributed by atoms with van der Waals surface area (Å²) in [6, 6.07) is 9.79. The molecular weight excluding hydrogens is 364 g/mol. The van der Waals surface area contributed by atoms with E-state index in [-0.39, 0.29) is 0 Å². The molecule has 2 amide bonds. The molecule has 0 aliphatic rings. The molecule has 0 aliphatic heterocycles. The lowest BCUT2D eigenvalue weighted by molar-refractivity contribution is -0.133. The van der Waals surface area contributed by atoms with E-state index >= 15 is 0 Å². The zero-order chi connectivity index (χ0) is 20.5. The molecule has 28 heavy (non-hydrogen) atoms. The summed E-state index contributed by atoms with van der Waals surface area (Å²) in [5.74, 6) is 0.283. The molecule has 0 atom stereocenters. The van der Waals surface area contributed by atoms with Gasteiger partial charge in [-0.2, -0.15) is 0 Å². The average Bonchev–Trinajstić information content (AvgIpc) is 2.70. The predicted octanol–water partition coefficient (Wildman–Crippen LogP) is 3.08. The van der Waals surface area contributed by atoms with Crippen LogP contribution in [0, 0.1) is 0 Å². The van der Waals surface area contributed by atoms with Crippen molar-refractivity contribution in [2.75, 3.05) is 38.1 Å². The number of rotatable bonds is 8. The first-order valence-electron chi connectivity index (χ1n) is 8.76. The Morgan fingerprint density at radius 1 is 0.786 bits per heavy atom. The molecule has 0 aromatic heterocycles. The van der Waals surface area contributed by atoms with Gasteiger partial charge in [0.15, 0.2) is 11.5 Å². The van der Waals surface area contributed by atoms with Crippen LogP contribution >= 0.6 is 0 Å². The zero-order valence-electron chi connectivity index (χ0n) is 16.3. The van der Waals surface area contributed by atoms with Crippen molar-refractivity contribution in [3.63, 3.8) is 0 Å². The van der Waals surface area contributed by atoms with E-state index in [0.29, 0.717) is 47.6 Å². The highest BCUT2D eigenvalue weighted by atomic mass is 16.5. The summed E-state index contributed by atoms with van der Waals surface area (Å²) in [4.78, 5) is 24.6. The summed E-state index contributed by atoms with van der Waals surface area (Å²) in [6.45, 7) is 4.63. The average molecular weight is 388 g/mol. The Bertz CT molecular complexity index is 837. The van der Waals surface area contributed by atoms with E-state index in [2.05, 4.69) is 10.6 Å². The van der Waals surface area contributed by atoms with Gasteiger partial charge in [0.25, 0.3) is 0 Å². The van der Waals surface area contributed by atoms with Crippen molar-refractivity contribution >= 4 is 23.2 Å². The van der Waals surface area contributed by atoms with Crippen molar-refractivity contribution in [1.29, 1.82) is 0 Å². The van der Waals surface area contributed by atoms with E-state index < -0.39 is 11.8 Å². The Kier molecular flexibility index (Phi) is 7.50. The molecule has 2 N–H and O–H groups in total. The maximum Gasteiger partial charge on any atom is 0.314 e. The second-order valence-electron chi connectivity index (χ2n) is 5.50. The van der Waals surface area contributed by atoms with Gasteiger partial charge in [0.1, 0.15) is 11.5 Å². The molecule has 0 spiro atoms. The molecule has 0 radical (unpaired) electrons. The third kappa shape index (κ3) is 5.29. The van der Waals surface area contributed by atoms with Crippen LogP contribution in [0.25, 0.3) is 0 Å². The maximum absolute atomic E-state index is 12.3. The lowest BCUT2D eigenvalue weighted by Crippen LogP contribution is -2.29. The summed E-state index contributed by atoms with van der Waals surface area (Å²) in [5.41, 5.74) is 0.730. The van der Waals surface area contributed by atoms with Crippen LogP contribution in [0.15, 0.2) is 36.4 Å². The smallest absolute Gasteiger partial charge is 0.314 e. The number of carbonyl (C=O) groups is 2. The molecule has 0 unspecified atom stereocenters. The van der Waals surface area contributed by atoms with Gasteiger partial charge in [-0.05, 0) is 38.1 Å². The van der Waals surface area contributed by atoms with Gasteiger partial charge in [0, 0.05) is 17.8 Å². The Morgan fingerprint density at radius 3 is 2.07 bits per heavy atom. The largest absolute Gasteiger partial charge is 0.497 e. The first-order chi connectivity index (χ1) is 13.5. The number of nitrogens with one attached hydrogen (secondary N) is 2. The molecule has 0 fully saturated rings. The lowest BCUT2D eigenvalue weighted by atomic mass is 10.2. The van der Waals surface area contributed by atoms with Crippen LogP contribution < -0.4 is 29.6 Å². The van der Waals surface area contributed by atoms with Crippen LogP contribution in [0.5, 0.6) is 23.0 Å². The van der Waals surface area contributed by atoms with E-state index in [1.807, 2.05) is 13.8 Å². The Balaban J connectivity index is 2.12. The number of ether oxygens (including phenoxy) is 4. The highest BCUT2D eigenvalue weighted by Crippen LogP contribution is 2.31. The van der Waals surface area contributed by atoms with Crippen LogP contribution in [-0.2, 0) is 9.59 Å². The fourth-order valence-corrected chi connectivity index (χ4v) is 2.41. The minimum Gasteiger partial charge on any atom is -0.497 e. The SMILES string of the molecule is CCOc1ccc(NC(=O)C(=O)Nc2cc(OC)ccc2OC)cc1OCC. The molecule has 2 aromatic rings. The molecule has 2 aromatic carbocycles. The highest BCUT2D eigenvalue weighted by molar-refractivity contribution is 6.43. The van der Waals surface area contributed by atoms with Crippen LogP contribution in [-0.4, -0.2) is 39.2 Å². The van der Waals surface area contributed by atoms with Crippen molar-refractivity contribution in [1.82, 2.24) is 0 Å². The number of benzene rings is 2. The third-order valence-electron chi connectivity index (χ3n) is 3.66. The number of hydrogen-bond donors (Lipinski definition) is 2. The highest BCUT2D eigenvalue weighted by Gasteiger charge is 2.18. The second-order valence-corrected chi connectivity index (χ2v) is 5.50. The molecule has 0 saturated heterocycles. The monoisotopic (exact) mass is 388 g/mol. The minimum atomic E-state index is -0.849. The van der Waals surface area contributed by atoms with E-state index in [1.165, 1.54) is 14.2 Å². The van der Waals surface area contributed by atoms with E-state index in [9.17, 15) is 9.59 Å². The van der Waals surface area contributed by atoms with Gasteiger partial charge in [0.05, 0.1) is 33.1 Å². The van der Waals surface area contributed by atoms with Crippen LogP contribution in [0.2, 0.25) is 0 Å². The van der Waals surface area contributed by atoms with Crippen LogP contribution in [0.1, 0.15) is 13.8 Å². The van der Waals surface area contributed by atoms with Gasteiger partial charge in [-0.3, -0.25) is 9.59 Å². The normalized spacial score (nSPS) is 10.0. The quantitative estimate of drug-likeness (QED) is 0.675. The summed E-state index contributed by atoms with van der Waals surface area (Å²) >= 11 is 0. The molecule has 8 heteroatoms. The molecule has 0 bridgehead atoms. The second kappa shape index (κ2) is 10.1. The minimum absolute atomic E-state index is 0.323. The van der Waals surface area contributed by atoms with Gasteiger partial charge in [-0.15, -0.1) is 0 Å². The molecule has 2 rings (SSSR count).